The van der Waals surface area contributed by atoms with Crippen LogP contribution in [0, 0.1) is 11.6 Å². The van der Waals surface area contributed by atoms with Crippen molar-refractivity contribution in [1.29, 1.82) is 0 Å². The number of amides is 2. The van der Waals surface area contributed by atoms with Gasteiger partial charge in [-0.15, -0.1) is 11.3 Å². The predicted molar refractivity (Wildman–Crippen MR) is 124 cm³/mol. The van der Waals surface area contributed by atoms with Gasteiger partial charge in [-0.1, -0.05) is 40.9 Å². The number of benzene rings is 3. The number of carbonyl (C=O) groups excluding carboxylic acids is 2. The summed E-state index contributed by atoms with van der Waals surface area (Å²) in [7, 11) is 0. The summed E-state index contributed by atoms with van der Waals surface area (Å²) >= 11 is 19.1. The predicted octanol–water partition coefficient (Wildman–Crippen LogP) is 6.68. The Kier molecular flexibility index (Phi) is 6.81. The van der Waals surface area contributed by atoms with E-state index in [-0.39, 0.29) is 28.0 Å². The molecule has 33 heavy (non-hydrogen) atoms. The summed E-state index contributed by atoms with van der Waals surface area (Å²) in [6, 6.07) is 11.4. The van der Waals surface area contributed by atoms with Crippen molar-refractivity contribution in [1.82, 2.24) is 10.3 Å². The molecule has 4 rings (SSSR count). The number of thiazole rings is 1. The highest BCUT2D eigenvalue weighted by Gasteiger charge is 2.25. The number of nitrogens with one attached hydrogen (secondary N) is 1. The molecule has 4 aromatic rings. The lowest BCUT2D eigenvalue weighted by atomic mass is 10.1. The second-order valence-corrected chi connectivity index (χ2v) is 8.99. The lowest BCUT2D eigenvalue weighted by Gasteiger charge is -2.11. The molecule has 0 aliphatic heterocycles. The monoisotopic (exact) mass is 526 g/mol. The Labute approximate surface area is 204 Å². The standard InChI is InChI=1S/C22H11Cl3F2N2O3S/c23-10-4-7-16-14(8-10)28-17(33-16)9-32-15-6-5-13(26)19(20(15)27)22(31)29-21(30)18-11(24)2-1-3-12(18)25/h1-8H,9H2,(H,29,30,31). The molecule has 5 nitrogen and oxygen atoms in total. The number of carbonyl (C=O) groups is 2. The topological polar surface area (TPSA) is 68.3 Å². The van der Waals surface area contributed by atoms with Crippen LogP contribution in [0.1, 0.15) is 25.7 Å². The largest absolute Gasteiger partial charge is 0.483 e. The van der Waals surface area contributed by atoms with Gasteiger partial charge in [0.05, 0.1) is 25.8 Å². The molecule has 11 heteroatoms. The van der Waals surface area contributed by atoms with E-state index in [1.807, 2.05) is 5.32 Å². The number of halogens is 5. The van der Waals surface area contributed by atoms with Crippen LogP contribution in [0.5, 0.6) is 5.75 Å². The number of hydrogen-bond donors (Lipinski definition) is 1. The normalized spacial score (nSPS) is 10.9. The van der Waals surface area contributed by atoms with Crippen molar-refractivity contribution in [2.75, 3.05) is 0 Å². The minimum atomic E-state index is -1.31. The van der Waals surface area contributed by atoms with Crippen LogP contribution < -0.4 is 10.1 Å². The Bertz CT molecular complexity index is 1390. The second kappa shape index (κ2) is 9.61. The highest BCUT2D eigenvalue weighted by Crippen LogP contribution is 2.29. The fourth-order valence-electron chi connectivity index (χ4n) is 2.95. The Balaban J connectivity index is 1.54. The molecule has 2 amide bonds. The van der Waals surface area contributed by atoms with Crippen LogP contribution in [-0.2, 0) is 6.61 Å². The Morgan fingerprint density at radius 2 is 1.67 bits per heavy atom. The van der Waals surface area contributed by atoms with E-state index in [4.69, 9.17) is 39.5 Å². The lowest BCUT2D eigenvalue weighted by molar-refractivity contribution is 0.0844. The quantitative estimate of drug-likeness (QED) is 0.294. The zero-order chi connectivity index (χ0) is 23.7. The summed E-state index contributed by atoms with van der Waals surface area (Å²) in [5.74, 6) is -5.15. The summed E-state index contributed by atoms with van der Waals surface area (Å²) in [5.41, 5.74) is -0.527. The molecule has 0 saturated heterocycles. The molecule has 0 aliphatic rings. The molecule has 1 heterocycles. The van der Waals surface area contributed by atoms with Crippen LogP contribution in [-0.4, -0.2) is 16.8 Å². The first-order valence-corrected chi connectivity index (χ1v) is 11.1. The first-order chi connectivity index (χ1) is 15.7. The van der Waals surface area contributed by atoms with Crippen LogP contribution in [0.4, 0.5) is 8.78 Å². The summed E-state index contributed by atoms with van der Waals surface area (Å²) in [6.45, 7) is -0.130. The number of fused-ring (bicyclic) bond motifs is 1. The van der Waals surface area contributed by atoms with E-state index in [1.54, 1.807) is 18.2 Å². The van der Waals surface area contributed by atoms with Gasteiger partial charge in [0.2, 0.25) is 0 Å². The Morgan fingerprint density at radius 3 is 2.39 bits per heavy atom. The molecule has 0 fully saturated rings. The summed E-state index contributed by atoms with van der Waals surface area (Å²) in [6.07, 6.45) is 0. The molecular formula is C22H11Cl3F2N2O3S. The fraction of sp³-hybridized carbons (Fsp3) is 0.0455. The number of nitrogens with zero attached hydrogens (tertiary/aromatic N) is 1. The maximum Gasteiger partial charge on any atom is 0.264 e. The first-order valence-electron chi connectivity index (χ1n) is 9.20. The van der Waals surface area contributed by atoms with Crippen LogP contribution in [0.2, 0.25) is 15.1 Å². The number of aromatic nitrogens is 1. The van der Waals surface area contributed by atoms with Gasteiger partial charge in [-0.3, -0.25) is 14.9 Å². The van der Waals surface area contributed by atoms with Gasteiger partial charge in [-0.2, -0.15) is 0 Å². The minimum absolute atomic E-state index is 0.0250. The van der Waals surface area contributed by atoms with Gasteiger partial charge in [-0.25, -0.2) is 13.8 Å². The van der Waals surface area contributed by atoms with Gasteiger partial charge in [0, 0.05) is 5.02 Å². The van der Waals surface area contributed by atoms with Crippen molar-refractivity contribution in [2.24, 2.45) is 0 Å². The zero-order valence-electron chi connectivity index (χ0n) is 16.3. The molecule has 1 aromatic heterocycles. The van der Waals surface area contributed by atoms with Crippen LogP contribution in [0.25, 0.3) is 10.2 Å². The Morgan fingerprint density at radius 1 is 0.970 bits per heavy atom. The lowest BCUT2D eigenvalue weighted by Crippen LogP contribution is -2.32. The smallest absolute Gasteiger partial charge is 0.264 e. The SMILES string of the molecule is O=C(NC(=O)c1c(F)ccc(OCc2nc3cc(Cl)ccc3s2)c1F)c1c(Cl)cccc1Cl. The average molecular weight is 528 g/mol. The maximum atomic E-state index is 14.9. The van der Waals surface area contributed by atoms with E-state index >= 15 is 0 Å². The van der Waals surface area contributed by atoms with E-state index in [0.717, 1.165) is 16.8 Å². The van der Waals surface area contributed by atoms with Crippen LogP contribution in [0.3, 0.4) is 0 Å². The fourth-order valence-corrected chi connectivity index (χ4v) is 4.54. The van der Waals surface area contributed by atoms with E-state index in [0.29, 0.717) is 15.5 Å². The summed E-state index contributed by atoms with van der Waals surface area (Å²) in [5, 5.41) is 2.89. The third kappa shape index (κ3) is 4.94. The van der Waals surface area contributed by atoms with Gasteiger partial charge >= 0.3 is 0 Å². The van der Waals surface area contributed by atoms with Gasteiger partial charge in [-0.05, 0) is 42.5 Å². The van der Waals surface area contributed by atoms with E-state index in [2.05, 4.69) is 4.98 Å². The maximum absolute atomic E-state index is 14.9. The average Bonchev–Trinajstić information content (AvgIpc) is 3.15. The molecule has 0 saturated carbocycles. The number of hydrogen-bond acceptors (Lipinski definition) is 5. The van der Waals surface area contributed by atoms with Gasteiger partial charge in [0.15, 0.2) is 11.6 Å². The molecule has 0 atom stereocenters. The molecule has 168 valence electrons. The van der Waals surface area contributed by atoms with Crippen molar-refractivity contribution >= 4 is 68.2 Å². The van der Waals surface area contributed by atoms with E-state index in [1.165, 1.54) is 29.5 Å². The van der Waals surface area contributed by atoms with Crippen molar-refractivity contribution < 1.29 is 23.1 Å². The molecule has 0 bridgehead atoms. The summed E-state index contributed by atoms with van der Waals surface area (Å²) in [4.78, 5) is 29.2. The third-order valence-electron chi connectivity index (χ3n) is 4.44. The molecule has 0 radical (unpaired) electrons. The van der Waals surface area contributed by atoms with E-state index < -0.39 is 29.0 Å². The zero-order valence-corrected chi connectivity index (χ0v) is 19.4. The van der Waals surface area contributed by atoms with Crippen LogP contribution in [0.15, 0.2) is 48.5 Å². The molecular weight excluding hydrogens is 517 g/mol. The Hall–Kier alpha value is -2.78. The highest BCUT2D eigenvalue weighted by atomic mass is 35.5. The third-order valence-corrected chi connectivity index (χ3v) is 6.32. The van der Waals surface area contributed by atoms with Crippen molar-refractivity contribution in [3.05, 3.63) is 91.4 Å². The second-order valence-electron chi connectivity index (χ2n) is 6.62. The van der Waals surface area contributed by atoms with Crippen LogP contribution >= 0.6 is 46.1 Å². The van der Waals surface area contributed by atoms with Crippen molar-refractivity contribution in [3.8, 4) is 5.75 Å². The van der Waals surface area contributed by atoms with Gasteiger partial charge in [0.25, 0.3) is 11.8 Å². The van der Waals surface area contributed by atoms with E-state index in [9.17, 15) is 18.4 Å². The van der Waals surface area contributed by atoms with Gasteiger partial charge < -0.3 is 4.74 Å². The van der Waals surface area contributed by atoms with Crippen molar-refractivity contribution in [3.63, 3.8) is 0 Å². The van der Waals surface area contributed by atoms with Gasteiger partial charge in [0.1, 0.15) is 23.0 Å². The number of imide groups is 1. The number of rotatable bonds is 5. The molecule has 0 aliphatic carbocycles. The molecule has 0 spiro atoms. The summed E-state index contributed by atoms with van der Waals surface area (Å²) < 4.78 is 35.5. The first kappa shape index (κ1) is 23.4. The molecule has 3 aromatic carbocycles. The molecule has 0 unspecified atom stereocenters. The highest BCUT2D eigenvalue weighted by molar-refractivity contribution is 7.18. The van der Waals surface area contributed by atoms with Crippen molar-refractivity contribution in [2.45, 2.75) is 6.61 Å². The number of ether oxygens (including phenoxy) is 1. The molecule has 1 N–H and O–H groups in total. The minimum Gasteiger partial charge on any atom is -0.483 e.